The molecule has 9 heteroatoms. The Hall–Kier alpha value is -2.81. The van der Waals surface area contributed by atoms with Gasteiger partial charge in [-0.2, -0.15) is 0 Å². The van der Waals surface area contributed by atoms with Crippen molar-refractivity contribution in [3.05, 3.63) is 18.2 Å². The summed E-state index contributed by atoms with van der Waals surface area (Å²) >= 11 is 0. The molecule has 0 radical (unpaired) electrons. The van der Waals surface area contributed by atoms with Crippen LogP contribution in [0.1, 0.15) is 19.3 Å². The van der Waals surface area contributed by atoms with E-state index in [0.29, 0.717) is 36.7 Å². The molecule has 9 nitrogen and oxygen atoms in total. The summed E-state index contributed by atoms with van der Waals surface area (Å²) in [5.41, 5.74) is 0.693. The molecule has 29 heavy (non-hydrogen) atoms. The van der Waals surface area contributed by atoms with E-state index in [2.05, 4.69) is 5.32 Å². The van der Waals surface area contributed by atoms with Crippen molar-refractivity contribution in [3.63, 3.8) is 0 Å². The Bertz CT molecular complexity index is 826. The van der Waals surface area contributed by atoms with Crippen molar-refractivity contribution in [2.24, 2.45) is 5.92 Å². The van der Waals surface area contributed by atoms with Crippen molar-refractivity contribution in [3.8, 4) is 11.5 Å². The van der Waals surface area contributed by atoms with Gasteiger partial charge in [-0.05, 0) is 25.0 Å². The van der Waals surface area contributed by atoms with Crippen LogP contribution in [0.3, 0.4) is 0 Å². The second-order valence-electron chi connectivity index (χ2n) is 7.74. The number of fused-ring (bicyclic) bond motifs is 1. The average Bonchev–Trinajstić information content (AvgIpc) is 3.44. The third kappa shape index (κ3) is 4.00. The van der Waals surface area contributed by atoms with Crippen LogP contribution in [0.4, 0.5) is 5.69 Å². The molecule has 3 heterocycles. The van der Waals surface area contributed by atoms with E-state index in [9.17, 15) is 14.4 Å². The monoisotopic (exact) mass is 403 g/mol. The molecule has 0 spiro atoms. The molecule has 1 N–H and O–H groups in total. The van der Waals surface area contributed by atoms with Gasteiger partial charge >= 0.3 is 0 Å². The maximum Gasteiger partial charge on any atom is 0.251 e. The van der Waals surface area contributed by atoms with E-state index in [1.54, 1.807) is 37.2 Å². The third-order valence-electron chi connectivity index (χ3n) is 5.49. The smallest absolute Gasteiger partial charge is 0.251 e. The summed E-state index contributed by atoms with van der Waals surface area (Å²) < 4.78 is 16.4. The Morgan fingerprint density at radius 2 is 2.00 bits per heavy atom. The Kier molecular flexibility index (Phi) is 5.31. The van der Waals surface area contributed by atoms with Gasteiger partial charge in [0.1, 0.15) is 6.10 Å². The number of nitrogens with one attached hydrogen (secondary N) is 1. The zero-order chi connectivity index (χ0) is 20.5. The molecule has 0 aliphatic carbocycles. The van der Waals surface area contributed by atoms with E-state index in [1.165, 1.54) is 4.90 Å². The summed E-state index contributed by atoms with van der Waals surface area (Å²) in [5.74, 6) is 0.499. The maximum absolute atomic E-state index is 12.6. The van der Waals surface area contributed by atoms with Crippen LogP contribution in [0.25, 0.3) is 0 Å². The fourth-order valence-electron chi connectivity index (χ4n) is 3.87. The number of benzene rings is 1. The molecule has 2 saturated heterocycles. The molecule has 0 unspecified atom stereocenters. The summed E-state index contributed by atoms with van der Waals surface area (Å²) in [5, 5.41) is 2.88. The van der Waals surface area contributed by atoms with Gasteiger partial charge in [-0.3, -0.25) is 14.4 Å². The molecule has 1 aromatic carbocycles. The quantitative estimate of drug-likeness (QED) is 0.770. The molecule has 156 valence electrons. The molecule has 3 aliphatic heterocycles. The topological polar surface area (TPSA) is 97.4 Å². The second-order valence-corrected chi connectivity index (χ2v) is 7.74. The van der Waals surface area contributed by atoms with E-state index in [0.717, 1.165) is 6.42 Å². The fourth-order valence-corrected chi connectivity index (χ4v) is 3.87. The molecule has 3 atom stereocenters. The van der Waals surface area contributed by atoms with Crippen LogP contribution in [0.5, 0.6) is 11.5 Å². The van der Waals surface area contributed by atoms with Crippen molar-refractivity contribution in [1.82, 2.24) is 10.2 Å². The number of amides is 3. The molecular weight excluding hydrogens is 378 g/mol. The number of carbonyl (C=O) groups excluding carboxylic acids is 3. The van der Waals surface area contributed by atoms with Gasteiger partial charge < -0.3 is 29.3 Å². The summed E-state index contributed by atoms with van der Waals surface area (Å²) in [6.45, 7) is 0.824. The lowest BCUT2D eigenvalue weighted by atomic mass is 10.1. The number of rotatable bonds is 5. The van der Waals surface area contributed by atoms with Gasteiger partial charge in [-0.15, -0.1) is 0 Å². The number of nitrogens with zero attached hydrogens (tertiary/aromatic N) is 2. The van der Waals surface area contributed by atoms with Gasteiger partial charge in [0.15, 0.2) is 11.5 Å². The first-order valence-electron chi connectivity index (χ1n) is 9.76. The van der Waals surface area contributed by atoms with E-state index in [4.69, 9.17) is 14.2 Å². The van der Waals surface area contributed by atoms with Gasteiger partial charge in [0, 0.05) is 45.4 Å². The highest BCUT2D eigenvalue weighted by atomic mass is 16.7. The maximum atomic E-state index is 12.6. The van der Waals surface area contributed by atoms with Crippen LogP contribution in [0.15, 0.2) is 18.2 Å². The van der Waals surface area contributed by atoms with Crippen molar-refractivity contribution in [1.29, 1.82) is 0 Å². The largest absolute Gasteiger partial charge is 0.454 e. The van der Waals surface area contributed by atoms with Crippen molar-refractivity contribution in [2.75, 3.05) is 38.9 Å². The van der Waals surface area contributed by atoms with Gasteiger partial charge in [-0.1, -0.05) is 0 Å². The molecule has 0 aromatic heterocycles. The summed E-state index contributed by atoms with van der Waals surface area (Å²) in [6, 6.07) is 5.32. The van der Waals surface area contributed by atoms with E-state index in [1.807, 2.05) is 0 Å². The first-order chi connectivity index (χ1) is 13.9. The predicted molar refractivity (Wildman–Crippen MR) is 103 cm³/mol. The SMILES string of the molecule is CN(C)C(=O)[C@@H]1CC[C@@H](CNC(=O)[C@H]2CC(=O)N(c3ccc4c(c3)OCO4)C2)O1. The lowest BCUT2D eigenvalue weighted by molar-refractivity contribution is -0.140. The molecule has 3 aliphatic rings. The van der Waals surface area contributed by atoms with Crippen molar-refractivity contribution >= 4 is 23.4 Å². The van der Waals surface area contributed by atoms with Crippen LogP contribution < -0.4 is 19.7 Å². The minimum atomic E-state index is -0.443. The lowest BCUT2D eigenvalue weighted by Crippen LogP contribution is -2.39. The van der Waals surface area contributed by atoms with Crippen molar-refractivity contribution < 1.29 is 28.6 Å². The van der Waals surface area contributed by atoms with Gasteiger partial charge in [0.2, 0.25) is 18.6 Å². The zero-order valence-electron chi connectivity index (χ0n) is 16.6. The Balaban J connectivity index is 1.29. The minimum Gasteiger partial charge on any atom is -0.454 e. The fraction of sp³-hybridized carbons (Fsp3) is 0.550. The van der Waals surface area contributed by atoms with Gasteiger partial charge in [0.25, 0.3) is 5.91 Å². The number of anilines is 1. The minimum absolute atomic E-state index is 0.0559. The summed E-state index contributed by atoms with van der Waals surface area (Å²) in [7, 11) is 3.40. The normalized spacial score (nSPS) is 25.4. The van der Waals surface area contributed by atoms with Gasteiger partial charge in [0.05, 0.1) is 12.0 Å². The number of likely N-dealkylation sites (N-methyl/N-ethyl adjacent to an activating group) is 1. The first-order valence-corrected chi connectivity index (χ1v) is 9.76. The van der Waals surface area contributed by atoms with E-state index in [-0.39, 0.29) is 37.0 Å². The molecule has 0 saturated carbocycles. The average molecular weight is 403 g/mol. The first kappa shape index (κ1) is 19.5. The number of carbonyl (C=O) groups is 3. The highest BCUT2D eigenvalue weighted by Gasteiger charge is 2.37. The Morgan fingerprint density at radius 1 is 1.21 bits per heavy atom. The number of hydrogen-bond donors (Lipinski definition) is 1. The highest BCUT2D eigenvalue weighted by molar-refractivity contribution is 6.00. The lowest BCUT2D eigenvalue weighted by Gasteiger charge is -2.19. The summed E-state index contributed by atoms with van der Waals surface area (Å²) in [6.07, 6.45) is 0.902. The molecule has 0 bridgehead atoms. The molecule has 2 fully saturated rings. The standard InChI is InChI=1S/C20H25N3O6/c1-22(2)20(26)16-6-4-14(29-16)9-21-19(25)12-7-18(24)23(10-12)13-3-5-15-17(8-13)28-11-27-15/h3,5,8,12,14,16H,4,6-7,9-11H2,1-2H3,(H,21,25)/t12-,14-,16-/m0/s1. The zero-order valence-corrected chi connectivity index (χ0v) is 16.6. The van der Waals surface area contributed by atoms with E-state index >= 15 is 0 Å². The van der Waals surface area contributed by atoms with Crippen LogP contribution in [-0.4, -0.2) is 68.8 Å². The van der Waals surface area contributed by atoms with Crippen LogP contribution in [0, 0.1) is 5.92 Å². The number of ether oxygens (including phenoxy) is 3. The second kappa shape index (κ2) is 7.90. The molecule has 4 rings (SSSR count). The Labute approximate surface area is 168 Å². The number of hydrogen-bond acceptors (Lipinski definition) is 6. The highest BCUT2D eigenvalue weighted by Crippen LogP contribution is 2.37. The predicted octanol–water partition coefficient (Wildman–Crippen LogP) is 0.520. The van der Waals surface area contributed by atoms with Crippen LogP contribution >= 0.6 is 0 Å². The van der Waals surface area contributed by atoms with Crippen LogP contribution in [-0.2, 0) is 19.1 Å². The molecular formula is C20H25N3O6. The van der Waals surface area contributed by atoms with Crippen LogP contribution in [0.2, 0.25) is 0 Å². The van der Waals surface area contributed by atoms with E-state index < -0.39 is 12.0 Å². The summed E-state index contributed by atoms with van der Waals surface area (Å²) in [4.78, 5) is 40.1. The third-order valence-corrected chi connectivity index (χ3v) is 5.49. The van der Waals surface area contributed by atoms with Crippen molar-refractivity contribution in [2.45, 2.75) is 31.5 Å². The molecule has 3 amide bonds. The molecule has 1 aromatic rings. The Morgan fingerprint density at radius 3 is 2.79 bits per heavy atom. The van der Waals surface area contributed by atoms with Gasteiger partial charge in [-0.25, -0.2) is 0 Å².